The van der Waals surface area contributed by atoms with E-state index in [0.29, 0.717) is 28.6 Å². The lowest BCUT2D eigenvalue weighted by Crippen LogP contribution is -2.26. The van der Waals surface area contributed by atoms with E-state index < -0.39 is 0 Å². The fraction of sp³-hybridized carbons (Fsp3) is 0.200. The van der Waals surface area contributed by atoms with Gasteiger partial charge in [-0.1, -0.05) is 35.9 Å². The Bertz CT molecular complexity index is 1250. The molecule has 6 nitrogen and oxygen atoms in total. The van der Waals surface area contributed by atoms with Crippen molar-refractivity contribution >= 4 is 28.4 Å². The van der Waals surface area contributed by atoms with Crippen LogP contribution in [0.15, 0.2) is 66.9 Å². The Kier molecular flexibility index (Phi) is 6.32. The SMILES string of the molecule is COc1ccc([C@@H](C)NC(=O)c2ccc3cnn(Cc4ccc(Cl)cc4)c3c2)cc1OC. The molecule has 3 aromatic carbocycles. The molecule has 1 atom stereocenters. The predicted molar refractivity (Wildman–Crippen MR) is 126 cm³/mol. The topological polar surface area (TPSA) is 65.4 Å². The van der Waals surface area contributed by atoms with Crippen LogP contribution in [0.4, 0.5) is 0 Å². The average Bonchev–Trinajstić information content (AvgIpc) is 3.21. The van der Waals surface area contributed by atoms with E-state index in [4.69, 9.17) is 21.1 Å². The second-order valence-corrected chi connectivity index (χ2v) is 7.95. The molecule has 1 aromatic heterocycles. The Morgan fingerprint density at radius 1 is 1.03 bits per heavy atom. The van der Waals surface area contributed by atoms with Gasteiger partial charge in [0.05, 0.1) is 38.5 Å². The van der Waals surface area contributed by atoms with E-state index in [1.807, 2.05) is 72.3 Å². The number of aromatic nitrogens is 2. The first kappa shape index (κ1) is 21.7. The van der Waals surface area contributed by atoms with Crippen LogP contribution >= 0.6 is 11.6 Å². The number of methoxy groups -OCH3 is 2. The predicted octanol–water partition coefficient (Wildman–Crippen LogP) is 5.25. The second kappa shape index (κ2) is 9.32. The number of carbonyl (C=O) groups is 1. The third kappa shape index (κ3) is 4.55. The Morgan fingerprint density at radius 2 is 1.78 bits per heavy atom. The summed E-state index contributed by atoms with van der Waals surface area (Å²) in [5.74, 6) is 1.11. The van der Waals surface area contributed by atoms with E-state index >= 15 is 0 Å². The van der Waals surface area contributed by atoms with Gasteiger partial charge in [-0.05, 0) is 54.4 Å². The summed E-state index contributed by atoms with van der Waals surface area (Å²) in [7, 11) is 3.18. The fourth-order valence-corrected chi connectivity index (χ4v) is 3.71. The number of hydrogen-bond donors (Lipinski definition) is 1. The molecule has 1 N–H and O–H groups in total. The standard InChI is InChI=1S/C25H24ClN3O3/c1-16(18-8-11-23(31-2)24(13-18)32-3)28-25(30)19-6-7-20-14-27-29(22(20)12-19)15-17-4-9-21(26)10-5-17/h4-14,16H,15H2,1-3H3,(H,28,30)/t16-/m1/s1. The summed E-state index contributed by atoms with van der Waals surface area (Å²) < 4.78 is 12.5. The smallest absolute Gasteiger partial charge is 0.251 e. The van der Waals surface area contributed by atoms with Crippen LogP contribution in [-0.2, 0) is 6.54 Å². The number of hydrogen-bond acceptors (Lipinski definition) is 4. The minimum atomic E-state index is -0.211. The lowest BCUT2D eigenvalue weighted by Gasteiger charge is -2.17. The van der Waals surface area contributed by atoms with Gasteiger partial charge in [0.1, 0.15) is 0 Å². The van der Waals surface area contributed by atoms with Crippen LogP contribution in [0, 0.1) is 0 Å². The maximum absolute atomic E-state index is 13.0. The van der Waals surface area contributed by atoms with Crippen LogP contribution in [0.1, 0.15) is 34.5 Å². The molecule has 1 heterocycles. The van der Waals surface area contributed by atoms with Crippen LogP contribution in [0.2, 0.25) is 5.02 Å². The lowest BCUT2D eigenvalue weighted by molar-refractivity contribution is 0.0940. The van der Waals surface area contributed by atoms with Crippen molar-refractivity contribution in [3.8, 4) is 11.5 Å². The highest BCUT2D eigenvalue weighted by Gasteiger charge is 2.15. The number of nitrogens with one attached hydrogen (secondary N) is 1. The van der Waals surface area contributed by atoms with Gasteiger partial charge < -0.3 is 14.8 Å². The van der Waals surface area contributed by atoms with Gasteiger partial charge in [-0.2, -0.15) is 5.10 Å². The van der Waals surface area contributed by atoms with Crippen LogP contribution in [0.5, 0.6) is 11.5 Å². The number of fused-ring (bicyclic) bond motifs is 1. The zero-order chi connectivity index (χ0) is 22.7. The van der Waals surface area contributed by atoms with E-state index in [9.17, 15) is 4.79 Å². The minimum Gasteiger partial charge on any atom is -0.493 e. The summed E-state index contributed by atoms with van der Waals surface area (Å²) in [5, 5.41) is 9.21. The third-order valence-electron chi connectivity index (χ3n) is 5.41. The van der Waals surface area contributed by atoms with Crippen molar-refractivity contribution in [3.63, 3.8) is 0 Å². The van der Waals surface area contributed by atoms with Crippen LogP contribution < -0.4 is 14.8 Å². The zero-order valence-electron chi connectivity index (χ0n) is 18.1. The van der Waals surface area contributed by atoms with Gasteiger partial charge in [-0.25, -0.2) is 0 Å². The summed E-state index contributed by atoms with van der Waals surface area (Å²) in [6.07, 6.45) is 1.80. The van der Waals surface area contributed by atoms with Crippen molar-refractivity contribution in [1.29, 1.82) is 0 Å². The number of ether oxygens (including phenoxy) is 2. The largest absolute Gasteiger partial charge is 0.493 e. The molecule has 4 rings (SSSR count). The Hall–Kier alpha value is -3.51. The van der Waals surface area contributed by atoms with Gasteiger partial charge in [0, 0.05) is 16.0 Å². The molecule has 32 heavy (non-hydrogen) atoms. The number of rotatable bonds is 7. The quantitative estimate of drug-likeness (QED) is 0.418. The monoisotopic (exact) mass is 449 g/mol. The number of nitrogens with zero attached hydrogens (tertiary/aromatic N) is 2. The first-order chi connectivity index (χ1) is 15.5. The highest BCUT2D eigenvalue weighted by atomic mass is 35.5. The first-order valence-electron chi connectivity index (χ1n) is 10.2. The van der Waals surface area contributed by atoms with E-state index in [1.165, 1.54) is 0 Å². The minimum absolute atomic E-state index is 0.159. The van der Waals surface area contributed by atoms with E-state index in [0.717, 1.165) is 22.0 Å². The average molecular weight is 450 g/mol. The summed E-state index contributed by atoms with van der Waals surface area (Å²) >= 11 is 5.98. The molecule has 0 unspecified atom stereocenters. The lowest BCUT2D eigenvalue weighted by atomic mass is 10.1. The fourth-order valence-electron chi connectivity index (χ4n) is 3.59. The van der Waals surface area contributed by atoms with Crippen molar-refractivity contribution < 1.29 is 14.3 Å². The van der Waals surface area contributed by atoms with Gasteiger partial charge in [0.2, 0.25) is 0 Å². The van der Waals surface area contributed by atoms with Gasteiger partial charge in [-0.15, -0.1) is 0 Å². The molecular weight excluding hydrogens is 426 g/mol. The molecule has 0 fully saturated rings. The summed E-state index contributed by atoms with van der Waals surface area (Å²) in [5.41, 5.74) is 3.47. The first-order valence-corrected chi connectivity index (χ1v) is 10.6. The Balaban J connectivity index is 1.54. The summed E-state index contributed by atoms with van der Waals surface area (Å²) in [6, 6.07) is 18.7. The van der Waals surface area contributed by atoms with Gasteiger partial charge >= 0.3 is 0 Å². The maximum atomic E-state index is 13.0. The van der Waals surface area contributed by atoms with Crippen molar-refractivity contribution in [3.05, 3.63) is 88.6 Å². The van der Waals surface area contributed by atoms with Crippen LogP contribution in [0.3, 0.4) is 0 Å². The molecule has 0 spiro atoms. The molecule has 0 aliphatic heterocycles. The van der Waals surface area contributed by atoms with E-state index in [1.54, 1.807) is 20.4 Å². The zero-order valence-corrected chi connectivity index (χ0v) is 18.9. The van der Waals surface area contributed by atoms with Crippen LogP contribution in [0.25, 0.3) is 10.9 Å². The number of benzene rings is 3. The maximum Gasteiger partial charge on any atom is 0.251 e. The molecule has 0 saturated heterocycles. The van der Waals surface area contributed by atoms with Gasteiger partial charge in [0.25, 0.3) is 5.91 Å². The summed E-state index contributed by atoms with van der Waals surface area (Å²) in [4.78, 5) is 13.0. The van der Waals surface area contributed by atoms with Crippen LogP contribution in [-0.4, -0.2) is 29.9 Å². The molecule has 0 bridgehead atoms. The van der Waals surface area contributed by atoms with Gasteiger partial charge in [0.15, 0.2) is 11.5 Å². The van der Waals surface area contributed by atoms with Crippen molar-refractivity contribution in [1.82, 2.24) is 15.1 Å². The Labute approximate surface area is 191 Å². The number of halogens is 1. The molecule has 4 aromatic rings. The molecule has 1 amide bonds. The highest BCUT2D eigenvalue weighted by Crippen LogP contribution is 2.30. The second-order valence-electron chi connectivity index (χ2n) is 7.51. The molecule has 7 heteroatoms. The number of amides is 1. The van der Waals surface area contributed by atoms with Crippen molar-refractivity contribution in [2.75, 3.05) is 14.2 Å². The molecule has 164 valence electrons. The molecular formula is C25H24ClN3O3. The molecule has 0 aliphatic carbocycles. The highest BCUT2D eigenvalue weighted by molar-refractivity contribution is 6.30. The Morgan fingerprint density at radius 3 is 2.50 bits per heavy atom. The molecule has 0 radical (unpaired) electrons. The summed E-state index contributed by atoms with van der Waals surface area (Å²) in [6.45, 7) is 2.52. The molecule has 0 saturated carbocycles. The van der Waals surface area contributed by atoms with Gasteiger partial charge in [-0.3, -0.25) is 9.48 Å². The molecule has 0 aliphatic rings. The third-order valence-corrected chi connectivity index (χ3v) is 5.66. The van der Waals surface area contributed by atoms with E-state index in [2.05, 4.69) is 10.4 Å². The van der Waals surface area contributed by atoms with Crippen molar-refractivity contribution in [2.45, 2.75) is 19.5 Å². The van der Waals surface area contributed by atoms with E-state index in [-0.39, 0.29) is 11.9 Å². The van der Waals surface area contributed by atoms with Crippen molar-refractivity contribution in [2.24, 2.45) is 0 Å². The normalized spacial score (nSPS) is 11.9. The number of carbonyl (C=O) groups excluding carboxylic acids is 1.